The minimum absolute atomic E-state index is 0.0609. The summed E-state index contributed by atoms with van der Waals surface area (Å²) >= 11 is 0. The first-order valence-corrected chi connectivity index (χ1v) is 12.0. The summed E-state index contributed by atoms with van der Waals surface area (Å²) in [6, 6.07) is 13.2. The van der Waals surface area contributed by atoms with Crippen LogP contribution < -0.4 is 20.7 Å². The molecule has 6 nitrogen and oxygen atoms in total. The van der Waals surface area contributed by atoms with E-state index < -0.39 is 10.0 Å². The highest BCUT2D eigenvalue weighted by molar-refractivity contribution is 7.89. The van der Waals surface area contributed by atoms with Crippen LogP contribution in [0.15, 0.2) is 47.4 Å². The van der Waals surface area contributed by atoms with Gasteiger partial charge in [-0.1, -0.05) is 37.5 Å². The number of nitrogens with one attached hydrogen (secondary N) is 2. The number of nitrogens with two attached hydrogens (primary N) is 1. The van der Waals surface area contributed by atoms with Crippen molar-refractivity contribution in [3.8, 4) is 11.1 Å². The Bertz CT molecular complexity index is 932. The SMILES string of the molecule is Nc1cc(-c2ccc(S(=O)(=O)NC3CCCCC3)cc2)ccc1N1CCNCC1. The first-order valence-electron chi connectivity index (χ1n) is 10.5. The Labute approximate surface area is 173 Å². The summed E-state index contributed by atoms with van der Waals surface area (Å²) in [5, 5.41) is 3.35. The fraction of sp³-hybridized carbons (Fsp3) is 0.455. The molecular formula is C22H30N4O2S. The van der Waals surface area contributed by atoms with Gasteiger partial charge in [0.15, 0.2) is 0 Å². The van der Waals surface area contributed by atoms with Crippen molar-refractivity contribution in [3.63, 3.8) is 0 Å². The van der Waals surface area contributed by atoms with E-state index in [1.54, 1.807) is 12.1 Å². The van der Waals surface area contributed by atoms with Gasteiger partial charge in [-0.05, 0) is 48.2 Å². The van der Waals surface area contributed by atoms with E-state index in [4.69, 9.17) is 5.73 Å². The normalized spacial score (nSPS) is 18.7. The summed E-state index contributed by atoms with van der Waals surface area (Å²) in [6.07, 6.45) is 5.24. The van der Waals surface area contributed by atoms with Gasteiger partial charge in [0.05, 0.1) is 16.3 Å². The summed E-state index contributed by atoms with van der Waals surface area (Å²) in [4.78, 5) is 2.61. The number of anilines is 2. The third-order valence-electron chi connectivity index (χ3n) is 5.91. The van der Waals surface area contributed by atoms with Gasteiger partial charge in [-0.25, -0.2) is 13.1 Å². The van der Waals surface area contributed by atoms with Crippen molar-refractivity contribution in [1.82, 2.24) is 10.0 Å². The van der Waals surface area contributed by atoms with E-state index in [9.17, 15) is 8.42 Å². The van der Waals surface area contributed by atoms with Gasteiger partial charge in [0.25, 0.3) is 0 Å². The minimum atomic E-state index is -3.48. The van der Waals surface area contributed by atoms with Crippen molar-refractivity contribution in [2.45, 2.75) is 43.0 Å². The second-order valence-electron chi connectivity index (χ2n) is 7.99. The van der Waals surface area contributed by atoms with Crippen molar-refractivity contribution in [3.05, 3.63) is 42.5 Å². The van der Waals surface area contributed by atoms with Gasteiger partial charge in [0.1, 0.15) is 0 Å². The van der Waals surface area contributed by atoms with Crippen LogP contribution in [0.5, 0.6) is 0 Å². The van der Waals surface area contributed by atoms with Crippen LogP contribution in [0.2, 0.25) is 0 Å². The molecule has 4 N–H and O–H groups in total. The van der Waals surface area contributed by atoms with Crippen LogP contribution in [-0.2, 0) is 10.0 Å². The highest BCUT2D eigenvalue weighted by atomic mass is 32.2. The Balaban J connectivity index is 1.49. The molecule has 1 saturated heterocycles. The molecule has 0 atom stereocenters. The van der Waals surface area contributed by atoms with Crippen LogP contribution in [0.25, 0.3) is 11.1 Å². The van der Waals surface area contributed by atoms with Gasteiger partial charge in [-0.3, -0.25) is 0 Å². The second kappa shape index (κ2) is 8.73. The molecule has 4 rings (SSSR count). The van der Waals surface area contributed by atoms with Gasteiger partial charge in [0.2, 0.25) is 10.0 Å². The molecule has 1 aliphatic heterocycles. The van der Waals surface area contributed by atoms with Gasteiger partial charge >= 0.3 is 0 Å². The first-order chi connectivity index (χ1) is 14.0. The van der Waals surface area contributed by atoms with E-state index in [-0.39, 0.29) is 6.04 Å². The smallest absolute Gasteiger partial charge is 0.240 e. The maximum absolute atomic E-state index is 12.7. The zero-order chi connectivity index (χ0) is 20.3. The number of rotatable bonds is 5. The van der Waals surface area contributed by atoms with Crippen molar-refractivity contribution >= 4 is 21.4 Å². The molecule has 2 aromatic carbocycles. The molecule has 2 fully saturated rings. The molecule has 156 valence electrons. The molecule has 1 saturated carbocycles. The van der Waals surface area contributed by atoms with Gasteiger partial charge in [-0.15, -0.1) is 0 Å². The molecule has 0 radical (unpaired) electrons. The molecule has 2 aliphatic rings. The molecule has 0 bridgehead atoms. The highest BCUT2D eigenvalue weighted by Gasteiger charge is 2.22. The number of piperazine rings is 1. The summed E-state index contributed by atoms with van der Waals surface area (Å²) in [6.45, 7) is 3.83. The van der Waals surface area contributed by atoms with E-state index in [1.165, 1.54) is 6.42 Å². The fourth-order valence-corrected chi connectivity index (χ4v) is 5.57. The number of hydrogen-bond acceptors (Lipinski definition) is 5. The largest absolute Gasteiger partial charge is 0.397 e. The maximum atomic E-state index is 12.7. The minimum Gasteiger partial charge on any atom is -0.397 e. The summed E-state index contributed by atoms with van der Waals surface area (Å²) in [5.41, 5.74) is 10.1. The zero-order valence-corrected chi connectivity index (χ0v) is 17.5. The Kier molecular flexibility index (Phi) is 6.08. The fourth-order valence-electron chi connectivity index (χ4n) is 4.26. The number of benzene rings is 2. The number of nitrogen functional groups attached to an aromatic ring is 1. The summed E-state index contributed by atoms with van der Waals surface area (Å²) in [5.74, 6) is 0. The van der Waals surface area contributed by atoms with Crippen molar-refractivity contribution < 1.29 is 8.42 Å². The second-order valence-corrected chi connectivity index (χ2v) is 9.71. The zero-order valence-electron chi connectivity index (χ0n) is 16.7. The quantitative estimate of drug-likeness (QED) is 0.655. The van der Waals surface area contributed by atoms with Crippen molar-refractivity contribution in [1.29, 1.82) is 0 Å². The maximum Gasteiger partial charge on any atom is 0.240 e. The topological polar surface area (TPSA) is 87.5 Å². The van der Waals surface area contributed by atoms with Crippen molar-refractivity contribution in [2.75, 3.05) is 36.8 Å². The van der Waals surface area contributed by atoms with E-state index >= 15 is 0 Å². The van der Waals surface area contributed by atoms with Gasteiger partial charge < -0.3 is 16.0 Å². The molecule has 1 aliphatic carbocycles. The molecule has 0 amide bonds. The predicted octanol–water partition coefficient (Wildman–Crippen LogP) is 2.96. The van der Waals surface area contributed by atoms with E-state index in [1.807, 2.05) is 18.2 Å². The average molecular weight is 415 g/mol. The highest BCUT2D eigenvalue weighted by Crippen LogP contribution is 2.30. The summed E-state index contributed by atoms with van der Waals surface area (Å²) < 4.78 is 28.2. The Morgan fingerprint density at radius 3 is 2.24 bits per heavy atom. The molecule has 7 heteroatoms. The standard InChI is InChI=1S/C22H30N4O2S/c23-21-16-18(8-11-22(21)26-14-12-24-13-15-26)17-6-9-20(10-7-17)29(27,28)25-19-4-2-1-3-5-19/h6-11,16,19,24-25H,1-5,12-15,23H2. The lowest BCUT2D eigenvalue weighted by molar-refractivity contribution is 0.412. The summed E-state index contributed by atoms with van der Waals surface area (Å²) in [7, 11) is -3.48. The molecule has 2 aromatic rings. The molecule has 0 unspecified atom stereocenters. The number of hydrogen-bond donors (Lipinski definition) is 3. The van der Waals surface area contributed by atoms with Crippen LogP contribution in [0, 0.1) is 0 Å². The lowest BCUT2D eigenvalue weighted by atomic mass is 9.96. The molecule has 0 spiro atoms. The lowest BCUT2D eigenvalue weighted by Crippen LogP contribution is -2.43. The molecular weight excluding hydrogens is 384 g/mol. The molecule has 1 heterocycles. The van der Waals surface area contributed by atoms with Crippen LogP contribution in [-0.4, -0.2) is 40.6 Å². The van der Waals surface area contributed by atoms with Crippen LogP contribution in [0.1, 0.15) is 32.1 Å². The van der Waals surface area contributed by atoms with E-state index in [0.29, 0.717) is 4.90 Å². The lowest BCUT2D eigenvalue weighted by Gasteiger charge is -2.30. The molecule has 0 aromatic heterocycles. The van der Waals surface area contributed by atoms with Gasteiger partial charge in [0, 0.05) is 32.2 Å². The van der Waals surface area contributed by atoms with E-state index in [0.717, 1.165) is 74.4 Å². The number of nitrogens with zero attached hydrogens (tertiary/aromatic N) is 1. The van der Waals surface area contributed by atoms with Crippen LogP contribution in [0.4, 0.5) is 11.4 Å². The Hall–Kier alpha value is -2.09. The Morgan fingerprint density at radius 1 is 0.931 bits per heavy atom. The van der Waals surface area contributed by atoms with Gasteiger partial charge in [-0.2, -0.15) is 0 Å². The predicted molar refractivity (Wildman–Crippen MR) is 119 cm³/mol. The Morgan fingerprint density at radius 2 is 1.59 bits per heavy atom. The van der Waals surface area contributed by atoms with Crippen molar-refractivity contribution in [2.24, 2.45) is 0 Å². The average Bonchev–Trinajstić information content (AvgIpc) is 2.75. The first kappa shape index (κ1) is 20.2. The third kappa shape index (κ3) is 4.74. The number of sulfonamides is 1. The monoisotopic (exact) mass is 414 g/mol. The van der Waals surface area contributed by atoms with Crippen LogP contribution >= 0.6 is 0 Å². The van der Waals surface area contributed by atoms with E-state index in [2.05, 4.69) is 27.1 Å². The third-order valence-corrected chi connectivity index (χ3v) is 7.45. The molecule has 29 heavy (non-hydrogen) atoms. The van der Waals surface area contributed by atoms with Crippen LogP contribution in [0.3, 0.4) is 0 Å².